The third-order valence-electron chi connectivity index (χ3n) is 4.41. The lowest BCUT2D eigenvalue weighted by molar-refractivity contribution is -0.116. The first-order valence-corrected chi connectivity index (χ1v) is 10.4. The Labute approximate surface area is 149 Å². The number of amides is 1. The highest BCUT2D eigenvalue weighted by Gasteiger charge is 2.29. The molecule has 2 rings (SSSR count). The van der Waals surface area contributed by atoms with E-state index in [0.29, 0.717) is 10.7 Å². The number of sulfonamides is 1. The molecule has 1 fully saturated rings. The first kappa shape index (κ1) is 19.2. The summed E-state index contributed by atoms with van der Waals surface area (Å²) in [6.45, 7) is 4.03. The Morgan fingerprint density at radius 2 is 1.92 bits per heavy atom. The van der Waals surface area contributed by atoms with E-state index in [1.807, 2.05) is 19.9 Å². The van der Waals surface area contributed by atoms with Crippen molar-refractivity contribution in [3.63, 3.8) is 0 Å². The molecule has 7 heteroatoms. The highest BCUT2D eigenvalue weighted by Crippen LogP contribution is 2.28. The summed E-state index contributed by atoms with van der Waals surface area (Å²) in [7, 11) is -3.31. The number of carbonyl (C=O) groups is 1. The normalized spacial score (nSPS) is 15.9. The molecule has 0 spiro atoms. The van der Waals surface area contributed by atoms with Crippen molar-refractivity contribution in [2.75, 3.05) is 18.1 Å². The molecule has 0 aromatic heterocycles. The monoisotopic (exact) mass is 372 g/mol. The second kappa shape index (κ2) is 7.85. The van der Waals surface area contributed by atoms with Crippen LogP contribution in [-0.4, -0.2) is 37.5 Å². The van der Waals surface area contributed by atoms with Gasteiger partial charge in [0.2, 0.25) is 15.9 Å². The molecule has 0 saturated heterocycles. The molecule has 0 aliphatic heterocycles. The fourth-order valence-electron chi connectivity index (χ4n) is 3.30. The molecule has 134 valence electrons. The van der Waals surface area contributed by atoms with E-state index >= 15 is 0 Å². The molecule has 1 aromatic carbocycles. The molecule has 1 amide bonds. The van der Waals surface area contributed by atoms with Gasteiger partial charge in [-0.25, -0.2) is 8.42 Å². The summed E-state index contributed by atoms with van der Waals surface area (Å²) in [6, 6.07) is 3.77. The number of hydrogen-bond acceptors (Lipinski definition) is 3. The smallest absolute Gasteiger partial charge is 0.225 e. The van der Waals surface area contributed by atoms with Crippen LogP contribution in [0, 0.1) is 13.8 Å². The van der Waals surface area contributed by atoms with Crippen molar-refractivity contribution in [3.8, 4) is 0 Å². The first-order chi connectivity index (χ1) is 11.2. The Balaban J connectivity index is 2.01. The zero-order valence-corrected chi connectivity index (χ0v) is 16.0. The highest BCUT2D eigenvalue weighted by atomic mass is 35.5. The fourth-order valence-corrected chi connectivity index (χ4v) is 4.84. The largest absolute Gasteiger partial charge is 0.325 e. The van der Waals surface area contributed by atoms with E-state index in [2.05, 4.69) is 5.32 Å². The van der Waals surface area contributed by atoms with Crippen LogP contribution in [0.15, 0.2) is 12.1 Å². The molecule has 1 aliphatic carbocycles. The minimum atomic E-state index is -3.31. The number of carbonyl (C=O) groups excluding carboxylic acids is 1. The zero-order valence-electron chi connectivity index (χ0n) is 14.4. The van der Waals surface area contributed by atoms with Crippen LogP contribution in [0.25, 0.3) is 0 Å². The average Bonchev–Trinajstić information content (AvgIpc) is 2.95. The lowest BCUT2D eigenvalue weighted by atomic mass is 10.1. The lowest BCUT2D eigenvalue weighted by Crippen LogP contribution is -2.39. The third kappa shape index (κ3) is 4.94. The van der Waals surface area contributed by atoms with Gasteiger partial charge in [0.05, 0.1) is 17.0 Å². The molecule has 0 bridgehead atoms. The summed E-state index contributed by atoms with van der Waals surface area (Å²) in [4.78, 5) is 12.3. The number of hydrogen-bond donors (Lipinski definition) is 1. The number of nitrogens with zero attached hydrogens (tertiary/aromatic N) is 1. The summed E-state index contributed by atoms with van der Waals surface area (Å²) >= 11 is 6.20. The van der Waals surface area contributed by atoms with E-state index in [0.717, 1.165) is 36.8 Å². The number of rotatable bonds is 6. The summed E-state index contributed by atoms with van der Waals surface area (Å²) in [5, 5.41) is 3.31. The van der Waals surface area contributed by atoms with Crippen molar-refractivity contribution in [2.45, 2.75) is 52.0 Å². The molecule has 0 radical (unpaired) electrons. The highest BCUT2D eigenvalue weighted by molar-refractivity contribution is 7.88. The fraction of sp³-hybridized carbons (Fsp3) is 0.588. The summed E-state index contributed by atoms with van der Waals surface area (Å²) < 4.78 is 25.5. The van der Waals surface area contributed by atoms with Crippen molar-refractivity contribution in [3.05, 3.63) is 28.3 Å². The number of halogens is 1. The summed E-state index contributed by atoms with van der Waals surface area (Å²) in [6.07, 6.45) is 5.16. The number of nitrogens with one attached hydrogen (secondary N) is 1. The maximum atomic E-state index is 12.3. The molecular formula is C17H25ClN2O3S. The lowest BCUT2D eigenvalue weighted by Gasteiger charge is -2.26. The Morgan fingerprint density at radius 1 is 1.29 bits per heavy atom. The molecule has 5 nitrogen and oxygen atoms in total. The van der Waals surface area contributed by atoms with Gasteiger partial charge in [-0.2, -0.15) is 4.31 Å². The molecule has 24 heavy (non-hydrogen) atoms. The van der Waals surface area contributed by atoms with E-state index in [1.165, 1.54) is 10.6 Å². The Hall–Kier alpha value is -1.11. The van der Waals surface area contributed by atoms with Gasteiger partial charge in [-0.3, -0.25) is 4.79 Å². The Bertz CT molecular complexity index is 690. The van der Waals surface area contributed by atoms with Crippen LogP contribution in [-0.2, 0) is 14.8 Å². The second-order valence-electron chi connectivity index (χ2n) is 6.55. The molecular weight excluding hydrogens is 348 g/mol. The number of anilines is 1. The van der Waals surface area contributed by atoms with Crippen LogP contribution in [0.2, 0.25) is 5.02 Å². The molecule has 0 unspecified atom stereocenters. The average molecular weight is 373 g/mol. The minimum absolute atomic E-state index is 0.0255. The maximum absolute atomic E-state index is 12.3. The molecule has 0 atom stereocenters. The van der Waals surface area contributed by atoms with Crippen LogP contribution >= 0.6 is 11.6 Å². The molecule has 1 aliphatic rings. The van der Waals surface area contributed by atoms with Crippen molar-refractivity contribution < 1.29 is 13.2 Å². The summed E-state index contributed by atoms with van der Waals surface area (Å²) in [5.41, 5.74) is 2.52. The zero-order chi connectivity index (χ0) is 17.9. The molecule has 1 aromatic rings. The van der Waals surface area contributed by atoms with Crippen LogP contribution in [0.1, 0.15) is 43.2 Å². The van der Waals surface area contributed by atoms with E-state index in [4.69, 9.17) is 11.6 Å². The maximum Gasteiger partial charge on any atom is 0.225 e. The standard InChI is InChI=1S/C17H25ClN2O3S/c1-12-10-13(2)17(15(18)11-12)19-16(21)8-9-20(24(3,22)23)14-6-4-5-7-14/h10-11,14H,4-9H2,1-3H3,(H,19,21). The first-order valence-electron chi connectivity index (χ1n) is 8.22. The van der Waals surface area contributed by atoms with Crippen LogP contribution in [0.5, 0.6) is 0 Å². The van der Waals surface area contributed by atoms with Gasteiger partial charge >= 0.3 is 0 Å². The molecule has 1 N–H and O–H groups in total. The van der Waals surface area contributed by atoms with Gasteiger partial charge in [0.15, 0.2) is 0 Å². The van der Waals surface area contributed by atoms with E-state index in [-0.39, 0.29) is 24.9 Å². The van der Waals surface area contributed by atoms with Gasteiger partial charge in [-0.1, -0.05) is 30.5 Å². The van der Waals surface area contributed by atoms with E-state index < -0.39 is 10.0 Å². The van der Waals surface area contributed by atoms with Crippen molar-refractivity contribution >= 4 is 33.2 Å². The molecule has 0 heterocycles. The number of benzene rings is 1. The van der Waals surface area contributed by atoms with Gasteiger partial charge in [-0.15, -0.1) is 0 Å². The predicted molar refractivity (Wildman–Crippen MR) is 98.0 cm³/mol. The Morgan fingerprint density at radius 3 is 2.46 bits per heavy atom. The molecule has 1 saturated carbocycles. The van der Waals surface area contributed by atoms with Gasteiger partial charge in [0.1, 0.15) is 0 Å². The van der Waals surface area contributed by atoms with E-state index in [1.54, 1.807) is 6.07 Å². The van der Waals surface area contributed by atoms with Crippen molar-refractivity contribution in [1.29, 1.82) is 0 Å². The van der Waals surface area contributed by atoms with Crippen LogP contribution in [0.4, 0.5) is 5.69 Å². The minimum Gasteiger partial charge on any atom is -0.325 e. The van der Waals surface area contributed by atoms with Gasteiger partial charge in [0.25, 0.3) is 0 Å². The Kier molecular flexibility index (Phi) is 6.28. The predicted octanol–water partition coefficient (Wildman–Crippen LogP) is 3.49. The van der Waals surface area contributed by atoms with Crippen LogP contribution in [0.3, 0.4) is 0 Å². The van der Waals surface area contributed by atoms with Gasteiger partial charge < -0.3 is 5.32 Å². The van der Waals surface area contributed by atoms with Crippen molar-refractivity contribution in [1.82, 2.24) is 4.31 Å². The summed E-state index contributed by atoms with van der Waals surface area (Å²) in [5.74, 6) is -0.226. The van der Waals surface area contributed by atoms with Gasteiger partial charge in [-0.05, 0) is 43.9 Å². The van der Waals surface area contributed by atoms with Crippen molar-refractivity contribution in [2.24, 2.45) is 0 Å². The quantitative estimate of drug-likeness (QED) is 0.831. The topological polar surface area (TPSA) is 66.5 Å². The van der Waals surface area contributed by atoms with Gasteiger partial charge in [0, 0.05) is 19.0 Å². The van der Waals surface area contributed by atoms with E-state index in [9.17, 15) is 13.2 Å². The number of aryl methyl sites for hydroxylation is 2. The SMILES string of the molecule is Cc1cc(C)c(NC(=O)CCN(C2CCCC2)S(C)(=O)=O)c(Cl)c1. The van der Waals surface area contributed by atoms with Crippen LogP contribution < -0.4 is 5.32 Å². The third-order valence-corrected chi connectivity index (χ3v) is 6.04. The second-order valence-corrected chi connectivity index (χ2v) is 8.89.